The first kappa shape index (κ1) is 22.2. The van der Waals surface area contributed by atoms with E-state index in [1.165, 1.54) is 0 Å². The maximum atomic E-state index is 6.34. The smallest absolute Gasteiger partial charge is 0.192 e. The standard InChI is InChI=1S/C20H32Cl2O3Si/c1-14-10-15(11-23-12-16-17(21)8-7-9-18(16)22)25-19(14)13-24-26(5,6)20(2,3)4/h7-9,14-15,19H,10-13H2,1-6H3/t14-,15+,19+/m1/s1. The van der Waals surface area contributed by atoms with Crippen molar-refractivity contribution in [1.29, 1.82) is 0 Å². The van der Waals surface area contributed by atoms with Gasteiger partial charge < -0.3 is 13.9 Å². The van der Waals surface area contributed by atoms with Crippen LogP contribution in [0.5, 0.6) is 0 Å². The van der Waals surface area contributed by atoms with Gasteiger partial charge in [0.25, 0.3) is 0 Å². The lowest BCUT2D eigenvalue weighted by Crippen LogP contribution is -2.43. The van der Waals surface area contributed by atoms with Crippen molar-refractivity contribution in [3.63, 3.8) is 0 Å². The molecule has 0 bridgehead atoms. The van der Waals surface area contributed by atoms with E-state index < -0.39 is 8.32 Å². The van der Waals surface area contributed by atoms with Gasteiger partial charge in [-0.2, -0.15) is 0 Å². The second-order valence-corrected chi connectivity index (χ2v) is 14.4. The van der Waals surface area contributed by atoms with E-state index in [-0.39, 0.29) is 17.2 Å². The van der Waals surface area contributed by atoms with E-state index in [2.05, 4.69) is 40.8 Å². The van der Waals surface area contributed by atoms with Crippen LogP contribution < -0.4 is 0 Å². The zero-order valence-corrected chi connectivity index (χ0v) is 19.3. The molecule has 1 aliphatic heterocycles. The minimum absolute atomic E-state index is 0.0966. The molecular formula is C20H32Cl2O3Si. The van der Waals surface area contributed by atoms with Crippen molar-refractivity contribution in [3.8, 4) is 0 Å². The summed E-state index contributed by atoms with van der Waals surface area (Å²) < 4.78 is 18.4. The Morgan fingerprint density at radius 1 is 1.15 bits per heavy atom. The highest BCUT2D eigenvalue weighted by molar-refractivity contribution is 6.74. The second kappa shape index (κ2) is 8.93. The van der Waals surface area contributed by atoms with E-state index >= 15 is 0 Å². The van der Waals surface area contributed by atoms with Crippen molar-refractivity contribution in [2.45, 2.75) is 71.1 Å². The molecule has 0 spiro atoms. The largest absolute Gasteiger partial charge is 0.414 e. The van der Waals surface area contributed by atoms with Gasteiger partial charge in [0, 0.05) is 15.6 Å². The minimum atomic E-state index is -1.75. The molecule has 0 aromatic heterocycles. The zero-order chi connectivity index (χ0) is 19.5. The van der Waals surface area contributed by atoms with Crippen LogP contribution >= 0.6 is 23.2 Å². The van der Waals surface area contributed by atoms with Crippen LogP contribution in [0.1, 0.15) is 39.7 Å². The number of rotatable bonds is 7. The SMILES string of the molecule is C[C@@H]1C[C@@H](COCc2c(Cl)cccc2Cl)O[C@H]1CO[Si](C)(C)C(C)(C)C. The van der Waals surface area contributed by atoms with Crippen LogP contribution in [0.4, 0.5) is 0 Å². The molecule has 1 heterocycles. The average molecular weight is 419 g/mol. The van der Waals surface area contributed by atoms with Gasteiger partial charge >= 0.3 is 0 Å². The van der Waals surface area contributed by atoms with Gasteiger partial charge in [-0.15, -0.1) is 0 Å². The van der Waals surface area contributed by atoms with Crippen molar-refractivity contribution in [2.75, 3.05) is 13.2 Å². The highest BCUT2D eigenvalue weighted by Gasteiger charge is 2.40. The number of benzene rings is 1. The maximum Gasteiger partial charge on any atom is 0.192 e. The normalized spacial score (nSPS) is 24.2. The van der Waals surface area contributed by atoms with Crippen LogP contribution in [0.15, 0.2) is 18.2 Å². The molecule has 26 heavy (non-hydrogen) atoms. The molecular weight excluding hydrogens is 387 g/mol. The lowest BCUT2D eigenvalue weighted by atomic mass is 10.0. The number of halogens is 2. The van der Waals surface area contributed by atoms with Gasteiger partial charge in [-0.3, -0.25) is 0 Å². The van der Waals surface area contributed by atoms with Gasteiger partial charge in [0.1, 0.15) is 0 Å². The van der Waals surface area contributed by atoms with Crippen molar-refractivity contribution in [1.82, 2.24) is 0 Å². The highest BCUT2D eigenvalue weighted by atomic mass is 35.5. The first-order valence-corrected chi connectivity index (χ1v) is 13.0. The van der Waals surface area contributed by atoms with E-state index in [4.69, 9.17) is 37.1 Å². The summed E-state index contributed by atoms with van der Waals surface area (Å²) in [6.07, 6.45) is 1.22. The van der Waals surface area contributed by atoms with Gasteiger partial charge in [0.2, 0.25) is 0 Å². The van der Waals surface area contributed by atoms with Crippen molar-refractivity contribution in [3.05, 3.63) is 33.8 Å². The number of hydrogen-bond acceptors (Lipinski definition) is 3. The molecule has 1 saturated heterocycles. The molecule has 1 fully saturated rings. The van der Waals surface area contributed by atoms with Gasteiger partial charge in [0.05, 0.1) is 32.0 Å². The number of ether oxygens (including phenoxy) is 2. The van der Waals surface area contributed by atoms with Gasteiger partial charge in [-0.25, -0.2) is 0 Å². The Morgan fingerprint density at radius 3 is 2.35 bits per heavy atom. The lowest BCUT2D eigenvalue weighted by Gasteiger charge is -2.37. The minimum Gasteiger partial charge on any atom is -0.414 e. The molecule has 1 aromatic carbocycles. The van der Waals surface area contributed by atoms with Crippen LogP contribution in [0.3, 0.4) is 0 Å². The van der Waals surface area contributed by atoms with Crippen LogP contribution in [0.25, 0.3) is 0 Å². The first-order valence-electron chi connectivity index (χ1n) is 9.31. The highest BCUT2D eigenvalue weighted by Crippen LogP contribution is 2.37. The van der Waals surface area contributed by atoms with Crippen LogP contribution in [-0.4, -0.2) is 33.7 Å². The summed E-state index contributed by atoms with van der Waals surface area (Å²) in [6.45, 7) is 15.2. The van der Waals surface area contributed by atoms with E-state index in [9.17, 15) is 0 Å². The summed E-state index contributed by atoms with van der Waals surface area (Å²) in [5.74, 6) is 0.470. The number of hydrogen-bond donors (Lipinski definition) is 0. The first-order chi connectivity index (χ1) is 12.0. The third kappa shape index (κ3) is 5.70. The van der Waals surface area contributed by atoms with Crippen LogP contribution in [-0.2, 0) is 20.5 Å². The van der Waals surface area contributed by atoms with E-state index in [1.54, 1.807) is 0 Å². The molecule has 0 saturated carbocycles. The monoisotopic (exact) mass is 418 g/mol. The molecule has 0 radical (unpaired) electrons. The lowest BCUT2D eigenvalue weighted by molar-refractivity contribution is -0.0377. The predicted octanol–water partition coefficient (Wildman–Crippen LogP) is 6.33. The van der Waals surface area contributed by atoms with Gasteiger partial charge in [-0.1, -0.05) is 57.0 Å². The fourth-order valence-corrected chi connectivity index (χ4v) is 4.30. The topological polar surface area (TPSA) is 27.7 Å². The maximum absolute atomic E-state index is 6.34. The van der Waals surface area contributed by atoms with E-state index in [1.807, 2.05) is 18.2 Å². The van der Waals surface area contributed by atoms with Crippen molar-refractivity contribution >= 4 is 31.5 Å². The van der Waals surface area contributed by atoms with Crippen molar-refractivity contribution < 1.29 is 13.9 Å². The zero-order valence-electron chi connectivity index (χ0n) is 16.8. The molecule has 1 aliphatic rings. The Kier molecular flexibility index (Phi) is 7.62. The Labute approximate surface area is 169 Å². The summed E-state index contributed by atoms with van der Waals surface area (Å²) in [7, 11) is -1.75. The molecule has 0 N–H and O–H groups in total. The molecule has 6 heteroatoms. The average Bonchev–Trinajstić information content (AvgIpc) is 2.87. The fraction of sp³-hybridized carbons (Fsp3) is 0.700. The fourth-order valence-electron chi connectivity index (χ4n) is 2.78. The summed E-state index contributed by atoms with van der Waals surface area (Å²) in [4.78, 5) is 0. The molecule has 2 rings (SSSR count). The molecule has 3 nitrogen and oxygen atoms in total. The molecule has 0 aliphatic carbocycles. The summed E-state index contributed by atoms with van der Waals surface area (Å²) >= 11 is 12.4. The molecule has 0 unspecified atom stereocenters. The van der Waals surface area contributed by atoms with E-state index in [0.717, 1.165) is 12.0 Å². The van der Waals surface area contributed by atoms with E-state index in [0.29, 0.717) is 35.8 Å². The quantitative estimate of drug-likeness (QED) is 0.484. The van der Waals surface area contributed by atoms with Gasteiger partial charge in [-0.05, 0) is 42.6 Å². The van der Waals surface area contributed by atoms with Gasteiger partial charge in [0.15, 0.2) is 8.32 Å². The van der Waals surface area contributed by atoms with Crippen LogP contribution in [0.2, 0.25) is 28.2 Å². The summed E-state index contributed by atoms with van der Waals surface area (Å²) in [6, 6.07) is 5.49. The third-order valence-electron chi connectivity index (χ3n) is 5.66. The van der Waals surface area contributed by atoms with Crippen LogP contribution in [0, 0.1) is 5.92 Å². The summed E-state index contributed by atoms with van der Waals surface area (Å²) in [5, 5.41) is 1.49. The summed E-state index contributed by atoms with van der Waals surface area (Å²) in [5.41, 5.74) is 0.833. The molecule has 0 amide bonds. The Hall–Kier alpha value is -0.103. The second-order valence-electron chi connectivity index (χ2n) is 8.80. The van der Waals surface area contributed by atoms with Crippen molar-refractivity contribution in [2.24, 2.45) is 5.92 Å². The molecule has 148 valence electrons. The Morgan fingerprint density at radius 2 is 1.77 bits per heavy atom. The Bertz CT molecular complexity index is 581. The molecule has 1 aromatic rings. The Balaban J connectivity index is 1.80. The molecule has 3 atom stereocenters. The predicted molar refractivity (Wildman–Crippen MR) is 112 cm³/mol. The third-order valence-corrected chi connectivity index (χ3v) is 10.9.